The number of carbonyl (C=O) groups is 1. The van der Waals surface area contributed by atoms with Gasteiger partial charge in [-0.25, -0.2) is 0 Å². The molecule has 0 saturated heterocycles. The van der Waals surface area contributed by atoms with Gasteiger partial charge in [0.1, 0.15) is 0 Å². The van der Waals surface area contributed by atoms with E-state index in [2.05, 4.69) is 11.6 Å². The van der Waals surface area contributed by atoms with Crippen LogP contribution in [0.25, 0.3) is 0 Å². The average molecular weight is 263 g/mol. The zero-order chi connectivity index (χ0) is 14.2. The number of hydrogen-bond donors (Lipinski definition) is 0. The lowest BCUT2D eigenvalue weighted by atomic mass is 10.1. The van der Waals surface area contributed by atoms with E-state index in [-0.39, 0.29) is 24.1 Å². The first-order valence-electron chi connectivity index (χ1n) is 5.64. The van der Waals surface area contributed by atoms with E-state index < -0.39 is 10.5 Å². The van der Waals surface area contributed by atoms with Crippen LogP contribution in [0.5, 0.6) is 5.75 Å². The summed E-state index contributed by atoms with van der Waals surface area (Å²) in [6, 6.07) is 2.70. The Bertz CT molecular complexity index is 568. The minimum atomic E-state index is -1.03. The second-order valence-corrected chi connectivity index (χ2v) is 4.57. The fourth-order valence-electron chi connectivity index (χ4n) is 1.84. The van der Waals surface area contributed by atoms with E-state index in [1.54, 1.807) is 13.8 Å². The zero-order valence-corrected chi connectivity index (χ0v) is 10.6. The van der Waals surface area contributed by atoms with Crippen LogP contribution in [-0.2, 0) is 4.79 Å². The number of hydrogen-bond acceptors (Lipinski definition) is 5. The Labute approximate surface area is 109 Å². The molecule has 2 heterocycles. The fourth-order valence-corrected chi connectivity index (χ4v) is 1.84. The summed E-state index contributed by atoms with van der Waals surface area (Å²) in [6.45, 7) is 7.06. The lowest BCUT2D eigenvalue weighted by molar-refractivity contribution is -0.389. The van der Waals surface area contributed by atoms with Gasteiger partial charge in [0.15, 0.2) is 11.4 Å². The van der Waals surface area contributed by atoms with Crippen molar-refractivity contribution in [3.8, 4) is 5.75 Å². The van der Waals surface area contributed by atoms with Gasteiger partial charge in [-0.2, -0.15) is 0 Å². The van der Waals surface area contributed by atoms with Gasteiger partial charge in [-0.1, -0.05) is 6.08 Å². The molecular formula is C12H13N3O4. The van der Waals surface area contributed by atoms with E-state index in [0.29, 0.717) is 5.75 Å². The third kappa shape index (κ3) is 2.14. The van der Waals surface area contributed by atoms with Gasteiger partial charge >= 0.3 is 5.82 Å². The molecule has 0 aromatic carbocycles. The summed E-state index contributed by atoms with van der Waals surface area (Å²) in [5.74, 6) is -0.146. The highest BCUT2D eigenvalue weighted by atomic mass is 16.6. The van der Waals surface area contributed by atoms with Crippen LogP contribution in [0.3, 0.4) is 0 Å². The standard InChI is InChI=1S/C12H13N3O4/c1-4-7-14-10-8(19-12(2,3)11(14)16)5-6-9(13-10)15(17)18/h4-6H,1,7H2,2-3H3. The lowest BCUT2D eigenvalue weighted by Crippen LogP contribution is -2.52. The first kappa shape index (κ1) is 13.0. The van der Waals surface area contributed by atoms with Gasteiger partial charge in [-0.3, -0.25) is 9.69 Å². The summed E-state index contributed by atoms with van der Waals surface area (Å²) < 4.78 is 5.53. The minimum absolute atomic E-state index is 0.151. The van der Waals surface area contributed by atoms with Crippen molar-refractivity contribution in [1.82, 2.24) is 4.98 Å². The maximum Gasteiger partial charge on any atom is 0.366 e. The molecule has 100 valence electrons. The van der Waals surface area contributed by atoms with Crippen LogP contribution >= 0.6 is 0 Å². The van der Waals surface area contributed by atoms with Crippen molar-refractivity contribution in [2.24, 2.45) is 0 Å². The molecule has 2 rings (SSSR count). The highest BCUT2D eigenvalue weighted by molar-refractivity contribution is 6.01. The van der Waals surface area contributed by atoms with Crippen molar-refractivity contribution in [3.63, 3.8) is 0 Å². The number of carbonyl (C=O) groups excluding carboxylic acids is 1. The third-order valence-corrected chi connectivity index (χ3v) is 2.70. The molecule has 0 N–H and O–H groups in total. The predicted octanol–water partition coefficient (Wildman–Crippen LogP) is 1.68. The van der Waals surface area contributed by atoms with E-state index >= 15 is 0 Å². The van der Waals surface area contributed by atoms with Gasteiger partial charge in [-0.15, -0.1) is 6.58 Å². The van der Waals surface area contributed by atoms with E-state index in [1.807, 2.05) is 0 Å². The molecular weight excluding hydrogens is 250 g/mol. The molecule has 1 aromatic heterocycles. The average Bonchev–Trinajstić information content (AvgIpc) is 2.34. The topological polar surface area (TPSA) is 85.6 Å². The van der Waals surface area contributed by atoms with Crippen LogP contribution in [0, 0.1) is 10.1 Å². The molecule has 19 heavy (non-hydrogen) atoms. The molecule has 0 aliphatic carbocycles. The van der Waals surface area contributed by atoms with Crippen molar-refractivity contribution in [1.29, 1.82) is 0 Å². The van der Waals surface area contributed by atoms with Crippen LogP contribution in [-0.4, -0.2) is 28.0 Å². The van der Waals surface area contributed by atoms with Crippen molar-refractivity contribution >= 4 is 17.5 Å². The number of amides is 1. The van der Waals surface area contributed by atoms with Gasteiger partial charge in [-0.05, 0) is 29.8 Å². The molecule has 0 atom stereocenters. The van der Waals surface area contributed by atoms with E-state index in [1.165, 1.54) is 23.1 Å². The van der Waals surface area contributed by atoms with Gasteiger partial charge in [0.2, 0.25) is 0 Å². The number of ether oxygens (including phenoxy) is 1. The molecule has 1 aliphatic heterocycles. The van der Waals surface area contributed by atoms with E-state index in [0.717, 1.165) is 0 Å². The second-order valence-electron chi connectivity index (χ2n) is 4.57. The van der Waals surface area contributed by atoms with Crippen molar-refractivity contribution in [3.05, 3.63) is 34.9 Å². The Morgan fingerprint density at radius 3 is 2.84 bits per heavy atom. The van der Waals surface area contributed by atoms with Gasteiger partial charge in [0.05, 0.1) is 0 Å². The van der Waals surface area contributed by atoms with E-state index in [9.17, 15) is 14.9 Å². The molecule has 0 fully saturated rings. The largest absolute Gasteiger partial charge is 0.472 e. The van der Waals surface area contributed by atoms with Crippen LogP contribution in [0.2, 0.25) is 0 Å². The number of anilines is 1. The van der Waals surface area contributed by atoms with Crippen molar-refractivity contribution in [2.45, 2.75) is 19.4 Å². The van der Waals surface area contributed by atoms with E-state index in [4.69, 9.17) is 4.74 Å². The first-order chi connectivity index (χ1) is 8.86. The molecule has 0 bridgehead atoms. The summed E-state index contributed by atoms with van der Waals surface area (Å²) in [5, 5.41) is 10.7. The molecule has 1 aromatic rings. The summed E-state index contributed by atoms with van der Waals surface area (Å²) in [7, 11) is 0. The lowest BCUT2D eigenvalue weighted by Gasteiger charge is -2.35. The minimum Gasteiger partial charge on any atom is -0.472 e. The summed E-state index contributed by atoms with van der Waals surface area (Å²) in [6.07, 6.45) is 1.53. The Morgan fingerprint density at radius 1 is 1.58 bits per heavy atom. The Balaban J connectivity index is 2.56. The van der Waals surface area contributed by atoms with Crippen LogP contribution in [0.4, 0.5) is 11.6 Å². The maximum atomic E-state index is 12.2. The number of aromatic nitrogens is 1. The maximum absolute atomic E-state index is 12.2. The van der Waals surface area contributed by atoms with Crippen molar-refractivity contribution in [2.75, 3.05) is 11.4 Å². The molecule has 0 spiro atoms. The SMILES string of the molecule is C=CCN1C(=O)C(C)(C)Oc2ccc([N+](=O)[O-])nc21. The quantitative estimate of drug-likeness (QED) is 0.470. The summed E-state index contributed by atoms with van der Waals surface area (Å²) in [4.78, 5) is 27.5. The molecule has 7 heteroatoms. The molecule has 0 saturated carbocycles. The highest BCUT2D eigenvalue weighted by Gasteiger charge is 2.43. The summed E-state index contributed by atoms with van der Waals surface area (Å²) >= 11 is 0. The van der Waals surface area contributed by atoms with Crippen molar-refractivity contribution < 1.29 is 14.5 Å². The van der Waals surface area contributed by atoms with Crippen LogP contribution in [0.1, 0.15) is 13.8 Å². The number of rotatable bonds is 3. The number of fused-ring (bicyclic) bond motifs is 1. The molecule has 0 unspecified atom stereocenters. The van der Waals surface area contributed by atoms with Gasteiger partial charge in [0.25, 0.3) is 11.7 Å². The molecule has 1 amide bonds. The molecule has 7 nitrogen and oxygen atoms in total. The number of nitro groups is 1. The third-order valence-electron chi connectivity index (χ3n) is 2.70. The zero-order valence-electron chi connectivity index (χ0n) is 10.6. The molecule has 1 aliphatic rings. The first-order valence-corrected chi connectivity index (χ1v) is 5.64. The fraction of sp³-hybridized carbons (Fsp3) is 0.333. The summed E-state index contributed by atoms with van der Waals surface area (Å²) in [5.41, 5.74) is -1.03. The van der Waals surface area contributed by atoms with Gasteiger partial charge in [0, 0.05) is 12.6 Å². The van der Waals surface area contributed by atoms with Crippen LogP contribution in [0.15, 0.2) is 24.8 Å². The second kappa shape index (κ2) is 4.34. The normalized spacial score (nSPS) is 16.5. The smallest absolute Gasteiger partial charge is 0.366 e. The predicted molar refractivity (Wildman–Crippen MR) is 68.1 cm³/mol. The Kier molecular flexibility index (Phi) is 2.97. The number of nitrogens with zero attached hydrogens (tertiary/aromatic N) is 3. The Morgan fingerprint density at radius 2 is 2.26 bits per heavy atom. The highest BCUT2D eigenvalue weighted by Crippen LogP contribution is 2.37. The monoisotopic (exact) mass is 263 g/mol. The molecule has 0 radical (unpaired) electrons. The Hall–Kier alpha value is -2.44. The number of pyridine rings is 1. The van der Waals surface area contributed by atoms with Gasteiger partial charge < -0.3 is 14.9 Å². The van der Waals surface area contributed by atoms with Crippen LogP contribution < -0.4 is 9.64 Å².